The van der Waals surface area contributed by atoms with Crippen molar-refractivity contribution in [2.24, 2.45) is 0 Å². The van der Waals surface area contributed by atoms with Crippen molar-refractivity contribution in [2.45, 2.75) is 32.7 Å². The Morgan fingerprint density at radius 3 is 2.71 bits per heavy atom. The first-order valence-electron chi connectivity index (χ1n) is 4.92. The number of hydrogen-bond donors (Lipinski definition) is 3. The Morgan fingerprint density at radius 1 is 1.43 bits per heavy atom. The minimum absolute atomic E-state index is 0.0263. The zero-order valence-electron chi connectivity index (χ0n) is 8.53. The summed E-state index contributed by atoms with van der Waals surface area (Å²) in [5, 5.41) is 13.0. The Balaban J connectivity index is 2.79. The van der Waals surface area contributed by atoms with Crippen LogP contribution in [0, 0.1) is 0 Å². The summed E-state index contributed by atoms with van der Waals surface area (Å²) in [5.41, 5.74) is 12.9. The number of nitrogens with zero attached hydrogens (tertiary/aromatic N) is 2. The molecule has 14 heavy (non-hydrogen) atoms. The molecule has 1 aromatic rings. The summed E-state index contributed by atoms with van der Waals surface area (Å²) in [7, 11) is 0. The van der Waals surface area contributed by atoms with Gasteiger partial charge in [0.1, 0.15) is 5.82 Å². The van der Waals surface area contributed by atoms with Crippen molar-refractivity contribution in [3.63, 3.8) is 0 Å². The maximum absolute atomic E-state index is 8.76. The van der Waals surface area contributed by atoms with E-state index in [2.05, 4.69) is 12.0 Å². The van der Waals surface area contributed by atoms with Crippen molar-refractivity contribution in [1.82, 2.24) is 9.78 Å². The molecule has 0 unspecified atom stereocenters. The number of nitrogen functional groups attached to an aromatic ring is 2. The summed E-state index contributed by atoms with van der Waals surface area (Å²) in [6.07, 6.45) is 3.01. The van der Waals surface area contributed by atoms with E-state index in [1.54, 1.807) is 4.68 Å². The average molecular weight is 198 g/mol. The Hall–Kier alpha value is -1.23. The van der Waals surface area contributed by atoms with E-state index in [-0.39, 0.29) is 6.61 Å². The lowest BCUT2D eigenvalue weighted by Gasteiger charge is -1.99. The van der Waals surface area contributed by atoms with Gasteiger partial charge in [0.25, 0.3) is 0 Å². The number of unbranched alkanes of at least 4 members (excludes halogenated alkanes) is 1. The fourth-order valence-electron chi connectivity index (χ4n) is 1.33. The maximum atomic E-state index is 8.76. The third kappa shape index (κ3) is 2.17. The fraction of sp³-hybridized carbons (Fsp3) is 0.667. The lowest BCUT2D eigenvalue weighted by atomic mass is 10.2. The van der Waals surface area contributed by atoms with Crippen molar-refractivity contribution in [2.75, 3.05) is 18.1 Å². The Labute approximate surface area is 83.7 Å². The lowest BCUT2D eigenvalue weighted by Crippen LogP contribution is -2.08. The standard InChI is InChI=1S/C9H18N4O/c1-2-3-4-7-8(10)9(11)13(12-7)5-6-14/h14H,2-6,10-11H2,1H3. The SMILES string of the molecule is CCCCc1nn(CCO)c(N)c1N. The second kappa shape index (κ2) is 4.85. The molecule has 1 aromatic heterocycles. The van der Waals surface area contributed by atoms with Gasteiger partial charge in [-0.25, -0.2) is 4.68 Å². The minimum Gasteiger partial charge on any atom is -0.394 e. The topological polar surface area (TPSA) is 90.1 Å². The number of hydrogen-bond acceptors (Lipinski definition) is 4. The van der Waals surface area contributed by atoms with Gasteiger partial charge < -0.3 is 16.6 Å². The molecular weight excluding hydrogens is 180 g/mol. The van der Waals surface area contributed by atoms with Crippen molar-refractivity contribution in [1.29, 1.82) is 0 Å². The maximum Gasteiger partial charge on any atom is 0.145 e. The summed E-state index contributed by atoms with van der Waals surface area (Å²) in [6.45, 7) is 2.55. The molecule has 0 aliphatic carbocycles. The molecule has 5 nitrogen and oxygen atoms in total. The quantitative estimate of drug-likeness (QED) is 0.638. The molecule has 0 saturated carbocycles. The molecule has 0 radical (unpaired) electrons. The monoisotopic (exact) mass is 198 g/mol. The summed E-state index contributed by atoms with van der Waals surface area (Å²) < 4.78 is 1.56. The van der Waals surface area contributed by atoms with E-state index in [1.807, 2.05) is 0 Å². The van der Waals surface area contributed by atoms with Crippen LogP contribution in [0.4, 0.5) is 11.5 Å². The number of rotatable bonds is 5. The van der Waals surface area contributed by atoms with Crippen LogP contribution >= 0.6 is 0 Å². The smallest absolute Gasteiger partial charge is 0.145 e. The van der Waals surface area contributed by atoms with Crippen LogP contribution in [0.15, 0.2) is 0 Å². The molecule has 1 heterocycles. The first-order valence-corrected chi connectivity index (χ1v) is 4.92. The van der Waals surface area contributed by atoms with Crippen molar-refractivity contribution >= 4 is 11.5 Å². The van der Waals surface area contributed by atoms with E-state index >= 15 is 0 Å². The Morgan fingerprint density at radius 2 is 2.14 bits per heavy atom. The van der Waals surface area contributed by atoms with Crippen molar-refractivity contribution in [3.05, 3.63) is 5.69 Å². The van der Waals surface area contributed by atoms with E-state index in [0.29, 0.717) is 18.1 Å². The van der Waals surface area contributed by atoms with Gasteiger partial charge >= 0.3 is 0 Å². The highest BCUT2D eigenvalue weighted by Crippen LogP contribution is 2.20. The van der Waals surface area contributed by atoms with Crippen molar-refractivity contribution in [3.8, 4) is 0 Å². The molecule has 0 fully saturated rings. The van der Waals surface area contributed by atoms with Crippen LogP contribution in [0.2, 0.25) is 0 Å². The predicted octanol–water partition coefficient (Wildman–Crippen LogP) is 0.382. The number of aromatic nitrogens is 2. The van der Waals surface area contributed by atoms with E-state index in [0.717, 1.165) is 25.0 Å². The molecule has 0 amide bonds. The van der Waals surface area contributed by atoms with E-state index in [1.165, 1.54) is 0 Å². The van der Waals surface area contributed by atoms with Crippen LogP contribution in [0.5, 0.6) is 0 Å². The minimum atomic E-state index is 0.0263. The van der Waals surface area contributed by atoms with Gasteiger partial charge in [-0.05, 0) is 12.8 Å². The number of aliphatic hydroxyl groups is 1. The number of anilines is 2. The lowest BCUT2D eigenvalue weighted by molar-refractivity contribution is 0.270. The molecule has 80 valence electrons. The summed E-state index contributed by atoms with van der Waals surface area (Å²) >= 11 is 0. The second-order valence-corrected chi connectivity index (χ2v) is 3.30. The molecular formula is C9H18N4O. The van der Waals surface area contributed by atoms with E-state index in [4.69, 9.17) is 16.6 Å². The van der Waals surface area contributed by atoms with Crippen LogP contribution in [-0.2, 0) is 13.0 Å². The van der Waals surface area contributed by atoms with Gasteiger partial charge in [-0.2, -0.15) is 5.10 Å². The molecule has 0 atom stereocenters. The average Bonchev–Trinajstić information content (AvgIpc) is 2.44. The highest BCUT2D eigenvalue weighted by atomic mass is 16.3. The largest absolute Gasteiger partial charge is 0.394 e. The van der Waals surface area contributed by atoms with Crippen LogP contribution < -0.4 is 11.5 Å². The Bertz CT molecular complexity index is 295. The van der Waals surface area contributed by atoms with Gasteiger partial charge in [0.2, 0.25) is 0 Å². The summed E-state index contributed by atoms with van der Waals surface area (Å²) in [5.74, 6) is 0.463. The van der Waals surface area contributed by atoms with Gasteiger partial charge in [-0.3, -0.25) is 0 Å². The van der Waals surface area contributed by atoms with Crippen LogP contribution in [0.25, 0.3) is 0 Å². The second-order valence-electron chi connectivity index (χ2n) is 3.30. The molecule has 1 rings (SSSR count). The predicted molar refractivity (Wildman–Crippen MR) is 56.7 cm³/mol. The number of aryl methyl sites for hydroxylation is 1. The highest BCUT2D eigenvalue weighted by Gasteiger charge is 2.11. The molecule has 0 spiro atoms. The fourth-order valence-corrected chi connectivity index (χ4v) is 1.33. The normalized spacial score (nSPS) is 10.7. The first kappa shape index (κ1) is 10.8. The van der Waals surface area contributed by atoms with Gasteiger partial charge in [0.05, 0.1) is 24.5 Å². The molecule has 0 aliphatic rings. The zero-order chi connectivity index (χ0) is 10.6. The molecule has 0 aromatic carbocycles. The first-order chi connectivity index (χ1) is 6.70. The molecule has 0 saturated heterocycles. The van der Waals surface area contributed by atoms with E-state index in [9.17, 15) is 0 Å². The molecule has 0 aliphatic heterocycles. The van der Waals surface area contributed by atoms with E-state index < -0.39 is 0 Å². The van der Waals surface area contributed by atoms with Gasteiger partial charge in [0.15, 0.2) is 0 Å². The number of nitrogens with two attached hydrogens (primary N) is 2. The van der Waals surface area contributed by atoms with Gasteiger partial charge in [0, 0.05) is 0 Å². The zero-order valence-corrected chi connectivity index (χ0v) is 8.53. The third-order valence-corrected chi connectivity index (χ3v) is 2.19. The molecule has 0 bridgehead atoms. The Kier molecular flexibility index (Phi) is 3.76. The van der Waals surface area contributed by atoms with Crippen LogP contribution in [-0.4, -0.2) is 21.5 Å². The van der Waals surface area contributed by atoms with Gasteiger partial charge in [-0.15, -0.1) is 0 Å². The molecule has 5 heteroatoms. The highest BCUT2D eigenvalue weighted by molar-refractivity contribution is 5.62. The number of aliphatic hydroxyl groups excluding tert-OH is 1. The van der Waals surface area contributed by atoms with Crippen LogP contribution in [0.1, 0.15) is 25.5 Å². The van der Waals surface area contributed by atoms with Crippen LogP contribution in [0.3, 0.4) is 0 Å². The van der Waals surface area contributed by atoms with Gasteiger partial charge in [-0.1, -0.05) is 13.3 Å². The third-order valence-electron chi connectivity index (χ3n) is 2.19. The molecule has 5 N–H and O–H groups in total. The van der Waals surface area contributed by atoms with Crippen molar-refractivity contribution < 1.29 is 5.11 Å². The summed E-state index contributed by atoms with van der Waals surface area (Å²) in [4.78, 5) is 0. The summed E-state index contributed by atoms with van der Waals surface area (Å²) in [6, 6.07) is 0.